The quantitative estimate of drug-likeness (QED) is 0.501. The fraction of sp³-hybridized carbons (Fsp3) is 0.263. The molecule has 0 heterocycles. The summed E-state index contributed by atoms with van der Waals surface area (Å²) in [5, 5.41) is 11.3. The smallest absolute Gasteiger partial charge is 0.258 e. The van der Waals surface area contributed by atoms with E-state index < -0.39 is 17.7 Å². The normalized spacial score (nSPS) is 11.9. The monoisotopic (exact) mass is 423 g/mol. The van der Waals surface area contributed by atoms with Gasteiger partial charge in [-0.3, -0.25) is 9.59 Å². The summed E-state index contributed by atoms with van der Waals surface area (Å²) in [6.07, 6.45) is 0. The Balaban J connectivity index is 2.31. The highest BCUT2D eigenvalue weighted by Crippen LogP contribution is 2.40. The molecule has 1 amide bonds. The lowest BCUT2D eigenvalue weighted by Gasteiger charge is -2.16. The summed E-state index contributed by atoms with van der Waals surface area (Å²) in [6.45, 7) is 3.08. The van der Waals surface area contributed by atoms with E-state index in [0.29, 0.717) is 15.7 Å². The number of aryl methyl sites for hydroxylation is 1. The zero-order valence-electron chi connectivity index (χ0n) is 15.7. The minimum Gasteiger partial charge on any atom is -0.491 e. The van der Waals surface area contributed by atoms with Gasteiger partial charge in [0.2, 0.25) is 6.04 Å². The number of carbonyl (C=O) groups is 2. The van der Waals surface area contributed by atoms with E-state index in [1.807, 2.05) is 6.92 Å². The van der Waals surface area contributed by atoms with Crippen LogP contribution < -0.4 is 14.8 Å². The molecule has 0 aliphatic heterocycles. The van der Waals surface area contributed by atoms with Crippen LogP contribution in [0.1, 0.15) is 12.5 Å². The summed E-state index contributed by atoms with van der Waals surface area (Å²) in [5.74, 6) is -0.648. The van der Waals surface area contributed by atoms with Crippen LogP contribution in [0, 0.1) is 6.92 Å². The molecule has 2 aromatic carbocycles. The zero-order chi connectivity index (χ0) is 20.8. The molecule has 2 aromatic rings. The summed E-state index contributed by atoms with van der Waals surface area (Å²) >= 11 is 12.0. The molecule has 148 valence electrons. The van der Waals surface area contributed by atoms with Crippen LogP contribution in [0.5, 0.6) is 11.5 Å². The number of anilines is 1. The van der Waals surface area contributed by atoms with Gasteiger partial charge >= 0.3 is 0 Å². The molecular formula is C19H19Cl2N3O4. The van der Waals surface area contributed by atoms with Crippen LogP contribution in [0.4, 0.5) is 11.4 Å². The lowest BCUT2D eigenvalue weighted by Crippen LogP contribution is -2.32. The fourth-order valence-corrected chi connectivity index (χ4v) is 2.75. The minimum atomic E-state index is -1.34. The lowest BCUT2D eigenvalue weighted by molar-refractivity contribution is -0.126. The van der Waals surface area contributed by atoms with Crippen molar-refractivity contribution in [2.24, 2.45) is 10.2 Å². The van der Waals surface area contributed by atoms with Crippen LogP contribution >= 0.6 is 23.2 Å². The first-order valence-electron chi connectivity index (χ1n) is 8.17. The van der Waals surface area contributed by atoms with Crippen molar-refractivity contribution in [1.29, 1.82) is 0 Å². The van der Waals surface area contributed by atoms with Gasteiger partial charge in [0.15, 0.2) is 17.3 Å². The number of nitrogens with one attached hydrogen (secondary N) is 1. The Labute approximate surface area is 172 Å². The summed E-state index contributed by atoms with van der Waals surface area (Å²) in [5.41, 5.74) is 1.56. The van der Waals surface area contributed by atoms with Gasteiger partial charge in [0.05, 0.1) is 30.6 Å². The van der Waals surface area contributed by atoms with Gasteiger partial charge < -0.3 is 14.8 Å². The van der Waals surface area contributed by atoms with Crippen LogP contribution in [0.2, 0.25) is 10.0 Å². The van der Waals surface area contributed by atoms with Crippen molar-refractivity contribution in [2.45, 2.75) is 19.9 Å². The molecule has 0 bridgehead atoms. The van der Waals surface area contributed by atoms with Gasteiger partial charge in [-0.05, 0) is 43.7 Å². The number of rotatable bonds is 7. The van der Waals surface area contributed by atoms with Crippen molar-refractivity contribution < 1.29 is 19.1 Å². The Kier molecular flexibility index (Phi) is 7.37. The standard InChI is InChI=1S/C19H19Cl2N3O4/c1-10-5-6-12(20)9-15(10)23-24-16(11(2)25)19(26)22-14-8-7-13(21)17(27-3)18(14)28-4/h5-9,16H,1-4H3,(H,22,26). The summed E-state index contributed by atoms with van der Waals surface area (Å²) in [4.78, 5) is 24.6. The van der Waals surface area contributed by atoms with Crippen LogP contribution in [-0.4, -0.2) is 32.0 Å². The van der Waals surface area contributed by atoms with Crippen LogP contribution in [0.3, 0.4) is 0 Å². The Hall–Kier alpha value is -2.64. The number of halogens is 2. The Morgan fingerprint density at radius 3 is 2.36 bits per heavy atom. The summed E-state index contributed by atoms with van der Waals surface area (Å²) in [6, 6.07) is 6.82. The van der Waals surface area contributed by atoms with Gasteiger partial charge in [-0.15, -0.1) is 0 Å². The topological polar surface area (TPSA) is 89.4 Å². The van der Waals surface area contributed by atoms with E-state index in [9.17, 15) is 9.59 Å². The molecule has 0 fully saturated rings. The van der Waals surface area contributed by atoms with Gasteiger partial charge in [0.25, 0.3) is 5.91 Å². The second-order valence-electron chi connectivity index (χ2n) is 5.81. The predicted molar refractivity (Wildman–Crippen MR) is 108 cm³/mol. The third kappa shape index (κ3) is 4.99. The first-order valence-corrected chi connectivity index (χ1v) is 8.92. The van der Waals surface area contributed by atoms with Gasteiger partial charge in [0.1, 0.15) is 0 Å². The van der Waals surface area contributed by atoms with E-state index in [-0.39, 0.29) is 17.2 Å². The van der Waals surface area contributed by atoms with Gasteiger partial charge in [-0.25, -0.2) is 0 Å². The highest BCUT2D eigenvalue weighted by atomic mass is 35.5. The third-order valence-corrected chi connectivity index (χ3v) is 4.35. The molecule has 7 nitrogen and oxygen atoms in total. The first-order chi connectivity index (χ1) is 13.3. The number of azo groups is 1. The fourth-order valence-electron chi connectivity index (χ4n) is 2.36. The number of carbonyl (C=O) groups excluding carboxylic acids is 2. The molecule has 1 unspecified atom stereocenters. The number of Topliss-reactive ketones (excluding diaryl/α,β-unsaturated/α-hetero) is 1. The average molecular weight is 424 g/mol. The molecule has 1 N–H and O–H groups in total. The van der Waals surface area contributed by atoms with E-state index in [1.165, 1.54) is 33.3 Å². The highest BCUT2D eigenvalue weighted by molar-refractivity contribution is 6.32. The van der Waals surface area contributed by atoms with Crippen molar-refractivity contribution in [1.82, 2.24) is 0 Å². The van der Waals surface area contributed by atoms with Crippen LogP contribution in [-0.2, 0) is 9.59 Å². The molecule has 2 rings (SSSR count). The van der Waals surface area contributed by atoms with Crippen molar-refractivity contribution in [3.05, 3.63) is 45.9 Å². The second kappa shape index (κ2) is 9.52. The molecule has 0 radical (unpaired) electrons. The van der Waals surface area contributed by atoms with E-state index >= 15 is 0 Å². The van der Waals surface area contributed by atoms with E-state index in [2.05, 4.69) is 15.5 Å². The van der Waals surface area contributed by atoms with Crippen LogP contribution in [0.15, 0.2) is 40.6 Å². The predicted octanol–water partition coefficient (Wildman–Crippen LogP) is 5.00. The first kappa shape index (κ1) is 21.7. The SMILES string of the molecule is COc1c(Cl)ccc(NC(=O)C(N=Nc2cc(Cl)ccc2C)C(C)=O)c1OC. The number of methoxy groups -OCH3 is 2. The number of amides is 1. The van der Waals surface area contributed by atoms with Crippen molar-refractivity contribution in [2.75, 3.05) is 19.5 Å². The molecule has 0 aliphatic rings. The van der Waals surface area contributed by atoms with Crippen molar-refractivity contribution >= 4 is 46.3 Å². The van der Waals surface area contributed by atoms with Gasteiger partial charge in [0, 0.05) is 5.02 Å². The molecule has 0 aromatic heterocycles. The summed E-state index contributed by atoms with van der Waals surface area (Å²) in [7, 11) is 2.84. The Morgan fingerprint density at radius 1 is 1.07 bits per heavy atom. The molecular weight excluding hydrogens is 405 g/mol. The van der Waals surface area contributed by atoms with Gasteiger partial charge in [-0.2, -0.15) is 10.2 Å². The highest BCUT2D eigenvalue weighted by Gasteiger charge is 2.25. The largest absolute Gasteiger partial charge is 0.491 e. The maximum absolute atomic E-state index is 12.6. The third-order valence-electron chi connectivity index (χ3n) is 3.82. The Morgan fingerprint density at radius 2 is 1.75 bits per heavy atom. The maximum Gasteiger partial charge on any atom is 0.258 e. The molecule has 9 heteroatoms. The van der Waals surface area contributed by atoms with E-state index in [1.54, 1.807) is 18.2 Å². The zero-order valence-corrected chi connectivity index (χ0v) is 17.3. The molecule has 0 saturated carbocycles. The van der Waals surface area contributed by atoms with Crippen molar-refractivity contribution in [3.8, 4) is 11.5 Å². The molecule has 28 heavy (non-hydrogen) atoms. The molecule has 0 aliphatic carbocycles. The number of hydrogen-bond donors (Lipinski definition) is 1. The number of hydrogen-bond acceptors (Lipinski definition) is 6. The minimum absolute atomic E-state index is 0.230. The molecule has 1 atom stereocenters. The van der Waals surface area contributed by atoms with Gasteiger partial charge in [-0.1, -0.05) is 29.3 Å². The van der Waals surface area contributed by atoms with E-state index in [4.69, 9.17) is 32.7 Å². The second-order valence-corrected chi connectivity index (χ2v) is 6.65. The Bertz CT molecular complexity index is 932. The number of nitrogens with zero attached hydrogens (tertiary/aromatic N) is 2. The van der Waals surface area contributed by atoms with Crippen molar-refractivity contribution in [3.63, 3.8) is 0 Å². The molecule has 0 spiro atoms. The average Bonchev–Trinajstić information content (AvgIpc) is 2.65. The maximum atomic E-state index is 12.6. The number of benzene rings is 2. The number of ether oxygens (including phenoxy) is 2. The summed E-state index contributed by atoms with van der Waals surface area (Å²) < 4.78 is 10.5. The van der Waals surface area contributed by atoms with E-state index in [0.717, 1.165) is 5.56 Å². The molecule has 0 saturated heterocycles. The number of ketones is 1. The van der Waals surface area contributed by atoms with Crippen LogP contribution in [0.25, 0.3) is 0 Å². The lowest BCUT2D eigenvalue weighted by atomic mass is 10.2.